The third-order valence-corrected chi connectivity index (χ3v) is 2.80. The summed E-state index contributed by atoms with van der Waals surface area (Å²) < 4.78 is 15.6. The maximum Gasteiger partial charge on any atom is 0.133 e. The van der Waals surface area contributed by atoms with Gasteiger partial charge in [0.15, 0.2) is 0 Å². The van der Waals surface area contributed by atoms with Gasteiger partial charge in [-0.05, 0) is 38.5 Å². The fourth-order valence-electron chi connectivity index (χ4n) is 1.68. The van der Waals surface area contributed by atoms with Gasteiger partial charge in [-0.25, -0.2) is 4.39 Å². The van der Waals surface area contributed by atoms with Gasteiger partial charge < -0.3 is 5.73 Å². The lowest BCUT2D eigenvalue weighted by atomic mass is 10.0. The Bertz CT molecular complexity index is 544. The molecular formula is C13H16FN3. The Balaban J connectivity index is 2.49. The van der Waals surface area contributed by atoms with E-state index < -0.39 is 0 Å². The molecule has 0 fully saturated rings. The van der Waals surface area contributed by atoms with Crippen LogP contribution in [0.3, 0.4) is 0 Å². The van der Waals surface area contributed by atoms with Crippen molar-refractivity contribution >= 4 is 5.69 Å². The summed E-state index contributed by atoms with van der Waals surface area (Å²) >= 11 is 0. The van der Waals surface area contributed by atoms with Gasteiger partial charge in [0.1, 0.15) is 5.82 Å². The van der Waals surface area contributed by atoms with E-state index in [1.807, 2.05) is 27.0 Å². The second kappa shape index (κ2) is 4.20. The predicted octanol–water partition coefficient (Wildman–Crippen LogP) is 3.16. The maximum absolute atomic E-state index is 13.8. The number of nitrogens with two attached hydrogens (primary N) is 1. The molecule has 2 N–H and O–H groups in total. The molecule has 2 aromatic rings. The molecule has 17 heavy (non-hydrogen) atoms. The van der Waals surface area contributed by atoms with Crippen molar-refractivity contribution in [2.24, 2.45) is 0 Å². The molecule has 0 amide bonds. The fraction of sp³-hybridized carbons (Fsp3) is 0.308. The molecule has 0 aliphatic carbocycles. The average molecular weight is 233 g/mol. The van der Waals surface area contributed by atoms with E-state index in [4.69, 9.17) is 5.73 Å². The Labute approximate surface area is 100 Å². The Morgan fingerprint density at radius 1 is 1.35 bits per heavy atom. The second-order valence-corrected chi connectivity index (χ2v) is 4.49. The molecule has 2 rings (SSSR count). The lowest BCUT2D eigenvalue weighted by molar-refractivity contribution is 0.532. The van der Waals surface area contributed by atoms with Gasteiger partial charge >= 0.3 is 0 Å². The fourth-order valence-corrected chi connectivity index (χ4v) is 1.68. The summed E-state index contributed by atoms with van der Waals surface area (Å²) in [4.78, 5) is 0. The Hall–Kier alpha value is -1.84. The number of benzene rings is 1. The topological polar surface area (TPSA) is 43.8 Å². The highest BCUT2D eigenvalue weighted by atomic mass is 19.1. The van der Waals surface area contributed by atoms with Crippen molar-refractivity contribution in [1.82, 2.24) is 9.78 Å². The number of hydrogen-bond acceptors (Lipinski definition) is 2. The van der Waals surface area contributed by atoms with Crippen LogP contribution >= 0.6 is 0 Å². The van der Waals surface area contributed by atoms with Gasteiger partial charge in [0, 0.05) is 29.1 Å². The number of aromatic nitrogens is 2. The molecule has 90 valence electrons. The first kappa shape index (κ1) is 11.6. The van der Waals surface area contributed by atoms with Crippen molar-refractivity contribution in [2.45, 2.75) is 26.8 Å². The molecule has 1 aromatic heterocycles. The second-order valence-electron chi connectivity index (χ2n) is 4.49. The van der Waals surface area contributed by atoms with E-state index in [9.17, 15) is 4.39 Å². The van der Waals surface area contributed by atoms with Crippen LogP contribution in [0.2, 0.25) is 0 Å². The Morgan fingerprint density at radius 3 is 2.65 bits per heavy atom. The van der Waals surface area contributed by atoms with E-state index in [0.717, 1.165) is 11.1 Å². The first-order chi connectivity index (χ1) is 7.99. The summed E-state index contributed by atoms with van der Waals surface area (Å²) in [6.07, 6.45) is 3.52. The number of aryl methyl sites for hydroxylation is 1. The molecule has 3 nitrogen and oxygen atoms in total. The van der Waals surface area contributed by atoms with Gasteiger partial charge in [0.2, 0.25) is 0 Å². The Morgan fingerprint density at radius 2 is 2.06 bits per heavy atom. The zero-order valence-corrected chi connectivity index (χ0v) is 10.2. The highest BCUT2D eigenvalue weighted by Crippen LogP contribution is 2.27. The SMILES string of the molecule is Cc1cc(-c2cnn(C(C)C)c2)c(F)cc1N. The standard InChI is InChI=1S/C13H16FN3/c1-8(2)17-7-10(6-16-17)11-4-9(3)13(15)5-12(11)14/h4-8H,15H2,1-3H3. The van der Waals surface area contributed by atoms with E-state index in [1.54, 1.807) is 16.9 Å². The monoisotopic (exact) mass is 233 g/mol. The van der Waals surface area contributed by atoms with Crippen molar-refractivity contribution in [1.29, 1.82) is 0 Å². The summed E-state index contributed by atoms with van der Waals surface area (Å²) in [6.45, 7) is 5.92. The highest BCUT2D eigenvalue weighted by molar-refractivity contribution is 5.67. The molecular weight excluding hydrogens is 217 g/mol. The van der Waals surface area contributed by atoms with E-state index in [1.165, 1.54) is 6.07 Å². The summed E-state index contributed by atoms with van der Waals surface area (Å²) in [6, 6.07) is 3.38. The molecule has 0 saturated carbocycles. The minimum Gasteiger partial charge on any atom is -0.398 e. The molecule has 4 heteroatoms. The number of nitrogen functional groups attached to an aromatic ring is 1. The van der Waals surface area contributed by atoms with Gasteiger partial charge in [0.05, 0.1) is 6.20 Å². The largest absolute Gasteiger partial charge is 0.398 e. The number of nitrogens with zero attached hydrogens (tertiary/aromatic N) is 2. The van der Waals surface area contributed by atoms with Crippen molar-refractivity contribution in [3.63, 3.8) is 0 Å². The molecule has 0 spiro atoms. The van der Waals surface area contributed by atoms with E-state index in [0.29, 0.717) is 11.3 Å². The van der Waals surface area contributed by atoms with Gasteiger partial charge in [-0.15, -0.1) is 0 Å². The minimum atomic E-state index is -0.309. The quantitative estimate of drug-likeness (QED) is 0.810. The number of halogens is 1. The van der Waals surface area contributed by atoms with Crippen molar-refractivity contribution in [3.05, 3.63) is 35.9 Å². The summed E-state index contributed by atoms with van der Waals surface area (Å²) in [7, 11) is 0. The molecule has 1 heterocycles. The first-order valence-corrected chi connectivity index (χ1v) is 5.59. The van der Waals surface area contributed by atoms with E-state index in [-0.39, 0.29) is 11.9 Å². The van der Waals surface area contributed by atoms with Crippen molar-refractivity contribution in [3.8, 4) is 11.1 Å². The Kier molecular flexibility index (Phi) is 2.88. The van der Waals surface area contributed by atoms with Crippen LogP contribution in [0.4, 0.5) is 10.1 Å². The number of rotatable bonds is 2. The van der Waals surface area contributed by atoms with Crippen molar-refractivity contribution < 1.29 is 4.39 Å². The number of hydrogen-bond donors (Lipinski definition) is 1. The summed E-state index contributed by atoms with van der Waals surface area (Å²) in [5.41, 5.74) is 8.33. The summed E-state index contributed by atoms with van der Waals surface area (Å²) in [5.74, 6) is -0.309. The molecule has 0 aliphatic heterocycles. The minimum absolute atomic E-state index is 0.265. The lowest BCUT2D eigenvalue weighted by Crippen LogP contribution is -1.99. The van der Waals surface area contributed by atoms with Crippen LogP contribution < -0.4 is 5.73 Å². The summed E-state index contributed by atoms with van der Waals surface area (Å²) in [5, 5.41) is 4.20. The molecule has 0 radical (unpaired) electrons. The zero-order valence-electron chi connectivity index (χ0n) is 10.2. The van der Waals surface area contributed by atoms with Crippen LogP contribution in [0.5, 0.6) is 0 Å². The zero-order chi connectivity index (χ0) is 12.6. The molecule has 0 bridgehead atoms. The molecule has 1 aromatic carbocycles. The maximum atomic E-state index is 13.8. The highest BCUT2D eigenvalue weighted by Gasteiger charge is 2.10. The van der Waals surface area contributed by atoms with Crippen LogP contribution in [0.1, 0.15) is 25.5 Å². The molecule has 0 aliphatic rings. The molecule has 0 unspecified atom stereocenters. The van der Waals surface area contributed by atoms with Gasteiger partial charge in [-0.3, -0.25) is 4.68 Å². The third-order valence-electron chi connectivity index (χ3n) is 2.80. The lowest BCUT2D eigenvalue weighted by Gasteiger charge is -2.06. The average Bonchev–Trinajstić information content (AvgIpc) is 2.72. The smallest absolute Gasteiger partial charge is 0.133 e. The molecule has 0 saturated heterocycles. The van der Waals surface area contributed by atoms with Crippen LogP contribution in [-0.4, -0.2) is 9.78 Å². The van der Waals surface area contributed by atoms with E-state index in [2.05, 4.69) is 5.10 Å². The number of anilines is 1. The third kappa shape index (κ3) is 2.16. The van der Waals surface area contributed by atoms with E-state index >= 15 is 0 Å². The predicted molar refractivity (Wildman–Crippen MR) is 67.2 cm³/mol. The van der Waals surface area contributed by atoms with Crippen LogP contribution in [0.15, 0.2) is 24.5 Å². The first-order valence-electron chi connectivity index (χ1n) is 5.59. The van der Waals surface area contributed by atoms with Gasteiger partial charge in [-0.1, -0.05) is 0 Å². The van der Waals surface area contributed by atoms with Crippen LogP contribution in [-0.2, 0) is 0 Å². The van der Waals surface area contributed by atoms with Gasteiger partial charge in [0.25, 0.3) is 0 Å². The van der Waals surface area contributed by atoms with Crippen LogP contribution in [0.25, 0.3) is 11.1 Å². The molecule has 0 atom stereocenters. The van der Waals surface area contributed by atoms with Crippen LogP contribution in [0, 0.1) is 12.7 Å². The normalized spacial score (nSPS) is 11.1. The van der Waals surface area contributed by atoms with Crippen molar-refractivity contribution in [2.75, 3.05) is 5.73 Å². The van der Waals surface area contributed by atoms with Gasteiger partial charge in [-0.2, -0.15) is 5.10 Å².